The van der Waals surface area contributed by atoms with Gasteiger partial charge in [-0.3, -0.25) is 9.59 Å². The fourth-order valence-corrected chi connectivity index (χ4v) is 2.96. The van der Waals surface area contributed by atoms with Crippen LogP contribution in [0, 0.1) is 0 Å². The van der Waals surface area contributed by atoms with E-state index in [2.05, 4.69) is 15.3 Å². The summed E-state index contributed by atoms with van der Waals surface area (Å²) in [5.74, 6) is -0.849. The molecule has 9 heteroatoms. The highest BCUT2D eigenvalue weighted by atomic mass is 19.4. The number of carbonyl (C=O) groups excluding carboxylic acids is 1. The largest absolute Gasteiger partial charge is 0.454 e. The van der Waals surface area contributed by atoms with Crippen molar-refractivity contribution in [1.82, 2.24) is 9.97 Å². The number of hydrogen-bond acceptors (Lipinski definition) is 5. The number of fused-ring (bicyclic) bond motifs is 1. The van der Waals surface area contributed by atoms with Gasteiger partial charge >= 0.3 is 6.18 Å². The third-order valence-electron chi connectivity index (χ3n) is 4.32. The summed E-state index contributed by atoms with van der Waals surface area (Å²) in [5, 5.41) is 2.68. The first-order chi connectivity index (χ1) is 14.3. The Morgan fingerprint density at radius 1 is 1.03 bits per heavy atom. The van der Waals surface area contributed by atoms with Crippen LogP contribution in [0.3, 0.4) is 0 Å². The molecule has 0 aliphatic heterocycles. The van der Waals surface area contributed by atoms with Crippen LogP contribution in [0.2, 0.25) is 0 Å². The summed E-state index contributed by atoms with van der Waals surface area (Å²) in [6.45, 7) is 0. The lowest BCUT2D eigenvalue weighted by atomic mass is 10.0. The number of hydrogen-bond donors (Lipinski definition) is 1. The second-order valence-electron chi connectivity index (χ2n) is 6.25. The van der Waals surface area contributed by atoms with E-state index in [1.54, 1.807) is 0 Å². The maximum atomic E-state index is 13.4. The number of nitrogens with one attached hydrogen (secondary N) is 1. The maximum Gasteiger partial charge on any atom is 0.417 e. The average molecular weight is 411 g/mol. The zero-order chi connectivity index (χ0) is 21.3. The minimum atomic E-state index is -4.63. The second kappa shape index (κ2) is 7.43. The summed E-state index contributed by atoms with van der Waals surface area (Å²) in [5.41, 5.74) is -1.60. The van der Waals surface area contributed by atoms with Crippen LogP contribution in [-0.2, 0) is 6.18 Å². The molecule has 0 spiro atoms. The first-order valence-electron chi connectivity index (χ1n) is 8.65. The van der Waals surface area contributed by atoms with Crippen LogP contribution in [-0.4, -0.2) is 15.9 Å². The predicted molar refractivity (Wildman–Crippen MR) is 103 cm³/mol. The third-order valence-corrected chi connectivity index (χ3v) is 4.32. The number of para-hydroxylation sites is 1. The Morgan fingerprint density at radius 3 is 2.57 bits per heavy atom. The van der Waals surface area contributed by atoms with E-state index in [9.17, 15) is 22.8 Å². The molecule has 0 bridgehead atoms. The van der Waals surface area contributed by atoms with E-state index in [0.29, 0.717) is 0 Å². The molecule has 4 aromatic rings. The quantitative estimate of drug-likeness (QED) is 0.536. The number of halogens is 3. The summed E-state index contributed by atoms with van der Waals surface area (Å²) >= 11 is 0. The van der Waals surface area contributed by atoms with Gasteiger partial charge in [0, 0.05) is 17.8 Å². The molecule has 0 unspecified atom stereocenters. The molecule has 2 aromatic carbocycles. The minimum absolute atomic E-state index is 0.0422. The summed E-state index contributed by atoms with van der Waals surface area (Å²) in [6.07, 6.45) is -2.05. The van der Waals surface area contributed by atoms with Crippen LogP contribution in [0.4, 0.5) is 18.9 Å². The van der Waals surface area contributed by atoms with Crippen LogP contribution in [0.15, 0.2) is 76.3 Å². The van der Waals surface area contributed by atoms with Crippen molar-refractivity contribution in [1.29, 1.82) is 0 Å². The van der Waals surface area contributed by atoms with Gasteiger partial charge in [0.05, 0.1) is 16.6 Å². The number of alkyl halides is 3. The van der Waals surface area contributed by atoms with E-state index >= 15 is 0 Å². The predicted octanol–water partition coefficient (Wildman–Crippen LogP) is 4.52. The smallest absolute Gasteiger partial charge is 0.417 e. The number of benzene rings is 2. The van der Waals surface area contributed by atoms with Gasteiger partial charge in [0.25, 0.3) is 5.91 Å². The van der Waals surface area contributed by atoms with Gasteiger partial charge in [-0.15, -0.1) is 0 Å². The van der Waals surface area contributed by atoms with E-state index in [1.165, 1.54) is 55.0 Å². The summed E-state index contributed by atoms with van der Waals surface area (Å²) in [4.78, 5) is 32.5. The highest BCUT2D eigenvalue weighted by Crippen LogP contribution is 2.37. The number of rotatable bonds is 3. The van der Waals surface area contributed by atoms with Gasteiger partial charge in [0.1, 0.15) is 17.8 Å². The number of amides is 1. The topological polar surface area (TPSA) is 85.1 Å². The van der Waals surface area contributed by atoms with E-state index in [1.807, 2.05) is 0 Å². The van der Waals surface area contributed by atoms with Crippen LogP contribution >= 0.6 is 0 Å². The highest BCUT2D eigenvalue weighted by Gasteiger charge is 2.34. The van der Waals surface area contributed by atoms with Gasteiger partial charge in [-0.25, -0.2) is 9.97 Å². The fraction of sp³-hybridized carbons (Fsp3) is 0.0476. The summed E-state index contributed by atoms with van der Waals surface area (Å²) < 4.78 is 45.9. The summed E-state index contributed by atoms with van der Waals surface area (Å²) in [6, 6.07) is 11.6. The van der Waals surface area contributed by atoms with E-state index in [-0.39, 0.29) is 33.7 Å². The van der Waals surface area contributed by atoms with Crippen LogP contribution < -0.4 is 10.7 Å². The first kappa shape index (κ1) is 19.3. The number of carbonyl (C=O) groups is 1. The van der Waals surface area contributed by atoms with Gasteiger partial charge in [0.15, 0.2) is 11.0 Å². The third kappa shape index (κ3) is 3.64. The van der Waals surface area contributed by atoms with E-state index in [4.69, 9.17) is 4.42 Å². The van der Waals surface area contributed by atoms with Crippen molar-refractivity contribution in [3.05, 3.63) is 88.6 Å². The second-order valence-corrected chi connectivity index (χ2v) is 6.25. The lowest BCUT2D eigenvalue weighted by molar-refractivity contribution is -0.137. The lowest BCUT2D eigenvalue weighted by Gasteiger charge is -2.13. The molecule has 4 rings (SSSR count). The van der Waals surface area contributed by atoms with Crippen molar-refractivity contribution in [3.8, 4) is 11.3 Å². The van der Waals surface area contributed by atoms with Crippen molar-refractivity contribution >= 4 is 22.6 Å². The van der Waals surface area contributed by atoms with Crippen molar-refractivity contribution < 1.29 is 22.4 Å². The molecule has 1 N–H and O–H groups in total. The molecule has 2 heterocycles. The van der Waals surface area contributed by atoms with Crippen molar-refractivity contribution in [2.24, 2.45) is 0 Å². The van der Waals surface area contributed by atoms with Gasteiger partial charge in [-0.1, -0.05) is 24.3 Å². The molecule has 0 radical (unpaired) electrons. The van der Waals surface area contributed by atoms with Crippen molar-refractivity contribution in [3.63, 3.8) is 0 Å². The molecule has 0 saturated heterocycles. The standard InChI is InChI=1S/C21H12F3N3O3/c22-21(23,24)14-6-2-1-4-12(14)18-10-17(28)13-5-3-7-15(19(13)30-18)27-20(29)16-8-9-25-11-26-16/h1-11H,(H,27,29). The van der Waals surface area contributed by atoms with Gasteiger partial charge in [0.2, 0.25) is 0 Å². The van der Waals surface area contributed by atoms with Crippen molar-refractivity contribution in [2.45, 2.75) is 6.18 Å². The highest BCUT2D eigenvalue weighted by molar-refractivity contribution is 6.06. The molecule has 1 amide bonds. The molecule has 2 aromatic heterocycles. The van der Waals surface area contributed by atoms with Gasteiger partial charge in [-0.05, 0) is 24.3 Å². The Bertz CT molecular complexity index is 1300. The van der Waals surface area contributed by atoms with E-state index in [0.717, 1.165) is 12.1 Å². The SMILES string of the molecule is O=C(Nc1cccc2c(=O)cc(-c3ccccc3C(F)(F)F)oc12)c1ccncn1. The normalized spacial score (nSPS) is 11.4. The lowest BCUT2D eigenvalue weighted by Crippen LogP contribution is -2.14. The Hall–Kier alpha value is -4.01. The molecule has 30 heavy (non-hydrogen) atoms. The fourth-order valence-electron chi connectivity index (χ4n) is 2.96. The molecule has 0 aliphatic rings. The van der Waals surface area contributed by atoms with Gasteiger partial charge in [-0.2, -0.15) is 13.2 Å². The molecule has 0 atom stereocenters. The zero-order valence-corrected chi connectivity index (χ0v) is 15.1. The zero-order valence-electron chi connectivity index (χ0n) is 15.1. The van der Waals surface area contributed by atoms with Crippen LogP contribution in [0.25, 0.3) is 22.3 Å². The van der Waals surface area contributed by atoms with Crippen LogP contribution in [0.1, 0.15) is 16.1 Å². The first-order valence-corrected chi connectivity index (χ1v) is 8.65. The Kier molecular flexibility index (Phi) is 4.78. The molecule has 0 saturated carbocycles. The van der Waals surface area contributed by atoms with Crippen LogP contribution in [0.5, 0.6) is 0 Å². The molecular formula is C21H12F3N3O3. The minimum Gasteiger partial charge on any atom is -0.454 e. The number of nitrogens with zero attached hydrogens (tertiary/aromatic N) is 2. The molecule has 6 nitrogen and oxygen atoms in total. The Labute approximate surface area is 167 Å². The van der Waals surface area contributed by atoms with Crippen molar-refractivity contribution in [2.75, 3.05) is 5.32 Å². The van der Waals surface area contributed by atoms with Gasteiger partial charge < -0.3 is 9.73 Å². The Balaban J connectivity index is 1.86. The maximum absolute atomic E-state index is 13.4. The number of aromatic nitrogens is 2. The molecule has 150 valence electrons. The number of anilines is 1. The Morgan fingerprint density at radius 2 is 1.83 bits per heavy atom. The molecule has 0 aliphatic carbocycles. The monoisotopic (exact) mass is 411 g/mol. The van der Waals surface area contributed by atoms with E-state index < -0.39 is 23.1 Å². The molecular weight excluding hydrogens is 399 g/mol. The molecule has 0 fully saturated rings. The average Bonchev–Trinajstić information content (AvgIpc) is 2.74. The summed E-state index contributed by atoms with van der Waals surface area (Å²) in [7, 11) is 0.